The van der Waals surface area contributed by atoms with Crippen molar-refractivity contribution in [3.63, 3.8) is 0 Å². The van der Waals surface area contributed by atoms with Crippen LogP contribution in [0.3, 0.4) is 0 Å². The number of hydrogen-bond donors (Lipinski definition) is 4. The molecule has 21 nitrogen and oxygen atoms in total. The zero-order chi connectivity index (χ0) is 48.2. The Kier molecular flexibility index (Phi) is 16.9. The number of ether oxygens (including phenoxy) is 5. The van der Waals surface area contributed by atoms with E-state index in [-0.39, 0.29) is 53.6 Å². The molecule has 0 bridgehead atoms. The Labute approximate surface area is 393 Å². The summed E-state index contributed by atoms with van der Waals surface area (Å²) in [6.07, 6.45) is 7.82. The van der Waals surface area contributed by atoms with Crippen molar-refractivity contribution in [1.29, 1.82) is 0 Å². The maximum Gasteiger partial charge on any atom is 0.266 e. The number of fused-ring (bicyclic) bond motifs is 2. The molecule has 1 aromatic heterocycles. The van der Waals surface area contributed by atoms with E-state index in [0.29, 0.717) is 101 Å². The average molecular weight is 942 g/mol. The first-order chi connectivity index (χ1) is 33.0. The van der Waals surface area contributed by atoms with Gasteiger partial charge in [0.2, 0.25) is 23.7 Å². The number of aromatic nitrogens is 2. The number of carbonyl (C=O) groups is 7. The SMILES string of the molecule is CCC1C(=O)N(C)c2cnc(Nc3ccc(C(=O)NCCCOCCOCCOCCCNC(=O)COc4cccc5c4C(=O)N(C4CCC(=O)NC4=O)C5=O)cc3OC)nc2N1C1CCCC1. The highest BCUT2D eigenvalue weighted by Crippen LogP contribution is 2.40. The first-order valence-electron chi connectivity index (χ1n) is 23.1. The fourth-order valence-corrected chi connectivity index (χ4v) is 8.72. The summed E-state index contributed by atoms with van der Waals surface area (Å²) in [5, 5.41) is 11.0. The number of anilines is 4. The highest BCUT2D eigenvalue weighted by Gasteiger charge is 2.46. The first-order valence-corrected chi connectivity index (χ1v) is 23.1. The van der Waals surface area contributed by atoms with Gasteiger partial charge in [-0.25, -0.2) is 4.98 Å². The number of amides is 7. The van der Waals surface area contributed by atoms with Crippen LogP contribution in [0.2, 0.25) is 0 Å². The molecule has 7 rings (SSSR count). The second-order valence-electron chi connectivity index (χ2n) is 16.7. The molecule has 0 radical (unpaired) electrons. The number of carbonyl (C=O) groups excluding carboxylic acids is 7. The predicted molar refractivity (Wildman–Crippen MR) is 246 cm³/mol. The molecule has 0 spiro atoms. The van der Waals surface area contributed by atoms with Crippen LogP contribution >= 0.6 is 0 Å². The third kappa shape index (κ3) is 11.5. The molecule has 1 saturated heterocycles. The third-order valence-corrected chi connectivity index (χ3v) is 12.2. The maximum atomic E-state index is 13.2. The van der Waals surface area contributed by atoms with Crippen molar-refractivity contribution in [3.05, 3.63) is 59.3 Å². The van der Waals surface area contributed by atoms with Crippen LogP contribution in [-0.2, 0) is 33.4 Å². The van der Waals surface area contributed by atoms with E-state index >= 15 is 0 Å². The van der Waals surface area contributed by atoms with Crippen molar-refractivity contribution in [2.45, 2.75) is 82.8 Å². The van der Waals surface area contributed by atoms with Crippen LogP contribution in [0.1, 0.15) is 95.8 Å². The number of nitrogens with one attached hydrogen (secondary N) is 4. The van der Waals surface area contributed by atoms with Crippen molar-refractivity contribution in [2.24, 2.45) is 0 Å². The molecular formula is C47H59N9O12. The van der Waals surface area contributed by atoms with E-state index in [4.69, 9.17) is 28.7 Å². The molecule has 1 aliphatic carbocycles. The van der Waals surface area contributed by atoms with Gasteiger partial charge in [0.1, 0.15) is 29.3 Å². The van der Waals surface area contributed by atoms with E-state index in [0.717, 1.165) is 36.4 Å². The molecule has 2 aromatic carbocycles. The van der Waals surface area contributed by atoms with Crippen molar-refractivity contribution >= 4 is 64.5 Å². The molecule has 21 heteroatoms. The Morgan fingerprint density at radius 1 is 0.853 bits per heavy atom. The van der Waals surface area contributed by atoms with E-state index in [1.54, 1.807) is 36.3 Å². The maximum absolute atomic E-state index is 13.2. The molecule has 4 N–H and O–H groups in total. The van der Waals surface area contributed by atoms with E-state index < -0.39 is 42.2 Å². The number of nitrogens with zero attached hydrogens (tertiary/aromatic N) is 5. The molecule has 3 aromatic rings. The van der Waals surface area contributed by atoms with Crippen molar-refractivity contribution < 1.29 is 57.2 Å². The summed E-state index contributed by atoms with van der Waals surface area (Å²) < 4.78 is 28.0. The van der Waals surface area contributed by atoms with Crippen LogP contribution in [0.5, 0.6) is 11.5 Å². The summed E-state index contributed by atoms with van der Waals surface area (Å²) in [6, 6.07) is 8.41. The lowest BCUT2D eigenvalue weighted by molar-refractivity contribution is -0.136. The molecule has 2 fully saturated rings. The minimum atomic E-state index is -1.11. The molecule has 364 valence electrons. The summed E-state index contributed by atoms with van der Waals surface area (Å²) in [6.45, 7) is 4.63. The van der Waals surface area contributed by atoms with Gasteiger partial charge in [0.15, 0.2) is 12.4 Å². The van der Waals surface area contributed by atoms with Gasteiger partial charge in [-0.15, -0.1) is 0 Å². The van der Waals surface area contributed by atoms with Crippen LogP contribution in [0.4, 0.5) is 23.1 Å². The van der Waals surface area contributed by atoms with Crippen molar-refractivity contribution in [3.8, 4) is 11.5 Å². The zero-order valence-electron chi connectivity index (χ0n) is 38.6. The highest BCUT2D eigenvalue weighted by molar-refractivity contribution is 6.24. The normalized spacial score (nSPS) is 18.1. The van der Waals surface area contributed by atoms with Crippen LogP contribution in [0, 0.1) is 0 Å². The predicted octanol–water partition coefficient (Wildman–Crippen LogP) is 2.89. The summed E-state index contributed by atoms with van der Waals surface area (Å²) >= 11 is 0. The van der Waals surface area contributed by atoms with Gasteiger partial charge in [-0.05, 0) is 68.9 Å². The van der Waals surface area contributed by atoms with Crippen LogP contribution in [-0.4, -0.2) is 148 Å². The second-order valence-corrected chi connectivity index (χ2v) is 16.7. The highest BCUT2D eigenvalue weighted by atomic mass is 16.5. The Morgan fingerprint density at radius 3 is 2.25 bits per heavy atom. The smallest absolute Gasteiger partial charge is 0.266 e. The van der Waals surface area contributed by atoms with Gasteiger partial charge in [-0.2, -0.15) is 4.98 Å². The number of benzene rings is 2. The number of piperidine rings is 1. The quantitative estimate of drug-likeness (QED) is 0.0745. The average Bonchev–Trinajstić information content (AvgIpc) is 3.96. The Morgan fingerprint density at radius 2 is 1.56 bits per heavy atom. The largest absolute Gasteiger partial charge is 0.495 e. The summed E-state index contributed by atoms with van der Waals surface area (Å²) in [5.74, 6) is -1.60. The van der Waals surface area contributed by atoms with E-state index in [1.165, 1.54) is 25.3 Å². The van der Waals surface area contributed by atoms with Gasteiger partial charge in [-0.3, -0.25) is 43.8 Å². The monoisotopic (exact) mass is 941 g/mol. The lowest BCUT2D eigenvalue weighted by Gasteiger charge is -2.43. The molecule has 7 amide bonds. The van der Waals surface area contributed by atoms with E-state index in [1.807, 2.05) is 6.92 Å². The van der Waals surface area contributed by atoms with Gasteiger partial charge < -0.3 is 49.4 Å². The topological polar surface area (TPSA) is 249 Å². The second kappa shape index (κ2) is 23.3. The van der Waals surface area contributed by atoms with Gasteiger partial charge in [0.05, 0.1) is 56.5 Å². The van der Waals surface area contributed by atoms with Crippen molar-refractivity contribution in [1.82, 2.24) is 30.8 Å². The van der Waals surface area contributed by atoms with Gasteiger partial charge in [-0.1, -0.05) is 25.8 Å². The van der Waals surface area contributed by atoms with Crippen molar-refractivity contribution in [2.75, 3.05) is 88.6 Å². The number of likely N-dealkylation sites (N-methyl/N-ethyl adjacent to an activating group) is 1. The molecule has 2 atom stereocenters. The minimum absolute atomic E-state index is 0.00489. The Hall–Kier alpha value is -6.71. The summed E-state index contributed by atoms with van der Waals surface area (Å²) in [4.78, 5) is 103. The lowest BCUT2D eigenvalue weighted by Crippen LogP contribution is -2.55. The van der Waals surface area contributed by atoms with Crippen LogP contribution < -0.4 is 40.5 Å². The van der Waals surface area contributed by atoms with E-state index in [9.17, 15) is 33.6 Å². The first kappa shape index (κ1) is 49.2. The standard InChI is InChI=1S/C47H59N9O12/c1-4-33-45(62)54(2)35-27-50-47(53-41(35)55(33)30-10-5-6-11-30)51-32-15-14-29(26-37(32)64-3)42(59)49-19-9-21-66-23-25-67-24-22-65-20-8-18-48-39(58)28-68-36-13-7-12-31-40(36)46(63)56(44(31)61)34-16-17-38(57)52-43(34)60/h7,12-15,26-27,30,33-34H,4-6,8-11,16-25,28H2,1-3H3,(H,48,58)(H,49,59)(H,50,51,53)(H,52,57,60). The minimum Gasteiger partial charge on any atom is -0.495 e. The number of methoxy groups -OCH3 is 1. The van der Waals surface area contributed by atoms with Gasteiger partial charge in [0.25, 0.3) is 23.6 Å². The zero-order valence-corrected chi connectivity index (χ0v) is 38.6. The Bertz CT molecular complexity index is 2360. The third-order valence-electron chi connectivity index (χ3n) is 12.2. The van der Waals surface area contributed by atoms with Gasteiger partial charge in [0, 0.05) is 51.4 Å². The molecular weight excluding hydrogens is 883 g/mol. The molecule has 1 saturated carbocycles. The molecule has 68 heavy (non-hydrogen) atoms. The van der Waals surface area contributed by atoms with E-state index in [2.05, 4.69) is 31.2 Å². The summed E-state index contributed by atoms with van der Waals surface area (Å²) in [5.41, 5.74) is 1.74. The number of hydrogen-bond acceptors (Lipinski definition) is 16. The van der Waals surface area contributed by atoms with Crippen LogP contribution in [0.25, 0.3) is 0 Å². The fourth-order valence-electron chi connectivity index (χ4n) is 8.72. The summed E-state index contributed by atoms with van der Waals surface area (Å²) in [7, 11) is 3.30. The molecule has 4 heterocycles. The molecule has 4 aliphatic rings. The van der Waals surface area contributed by atoms with Gasteiger partial charge >= 0.3 is 0 Å². The number of imide groups is 2. The fraction of sp³-hybridized carbons (Fsp3) is 0.511. The molecule has 3 aliphatic heterocycles. The molecule has 2 unspecified atom stereocenters. The van der Waals surface area contributed by atoms with Crippen LogP contribution in [0.15, 0.2) is 42.6 Å². The number of rotatable bonds is 24. The Balaban J connectivity index is 0.719. The lowest BCUT2D eigenvalue weighted by atomic mass is 10.0.